The van der Waals surface area contributed by atoms with Gasteiger partial charge in [0, 0.05) is 32.1 Å². The number of amides is 2. The molecule has 3 rings (SSSR count). The van der Waals surface area contributed by atoms with Gasteiger partial charge in [-0.2, -0.15) is 0 Å². The Hall–Kier alpha value is -1.88. The maximum atomic E-state index is 12.5. The van der Waals surface area contributed by atoms with E-state index in [9.17, 15) is 9.59 Å². The zero-order valence-corrected chi connectivity index (χ0v) is 14.4. The summed E-state index contributed by atoms with van der Waals surface area (Å²) in [6.45, 7) is 3.25. The van der Waals surface area contributed by atoms with E-state index in [1.165, 1.54) is 5.56 Å². The Morgan fingerprint density at radius 2 is 2.04 bits per heavy atom. The minimum Gasteiger partial charge on any atom is -0.352 e. The van der Waals surface area contributed by atoms with Crippen molar-refractivity contribution >= 4 is 11.8 Å². The number of nitrogens with zero attached hydrogens (tertiary/aromatic N) is 2. The van der Waals surface area contributed by atoms with E-state index < -0.39 is 0 Å². The summed E-state index contributed by atoms with van der Waals surface area (Å²) in [7, 11) is 2.09. The third-order valence-corrected chi connectivity index (χ3v) is 5.07. The quantitative estimate of drug-likeness (QED) is 0.886. The molecular weight excluding hydrogens is 302 g/mol. The number of likely N-dealkylation sites (tertiary alicyclic amines) is 2. The highest BCUT2D eigenvalue weighted by Crippen LogP contribution is 2.19. The SMILES string of the molecule is CN1CCCC(NC(=O)C2CC(=O)N(CCc3ccccc3)C2)C1. The lowest BCUT2D eigenvalue weighted by molar-refractivity contribution is -0.129. The molecule has 2 heterocycles. The van der Waals surface area contributed by atoms with E-state index in [1.54, 1.807) is 0 Å². The molecule has 2 saturated heterocycles. The summed E-state index contributed by atoms with van der Waals surface area (Å²) in [5, 5.41) is 3.15. The summed E-state index contributed by atoms with van der Waals surface area (Å²) >= 11 is 0. The minimum absolute atomic E-state index is 0.0471. The Bertz CT molecular complexity index is 575. The highest BCUT2D eigenvalue weighted by Gasteiger charge is 2.35. The van der Waals surface area contributed by atoms with Crippen LogP contribution in [0.2, 0.25) is 0 Å². The van der Waals surface area contributed by atoms with Crippen molar-refractivity contribution in [1.82, 2.24) is 15.1 Å². The van der Waals surface area contributed by atoms with Gasteiger partial charge < -0.3 is 15.1 Å². The molecular formula is C19H27N3O2. The molecule has 130 valence electrons. The Balaban J connectivity index is 1.47. The molecule has 2 aliphatic rings. The van der Waals surface area contributed by atoms with E-state index in [0.717, 1.165) is 32.4 Å². The fraction of sp³-hybridized carbons (Fsp3) is 0.579. The molecule has 1 aromatic carbocycles. The maximum absolute atomic E-state index is 12.5. The summed E-state index contributed by atoms with van der Waals surface area (Å²) in [5.74, 6) is -0.0433. The van der Waals surface area contributed by atoms with Crippen LogP contribution in [0, 0.1) is 5.92 Å². The van der Waals surface area contributed by atoms with Gasteiger partial charge in [0.2, 0.25) is 11.8 Å². The molecule has 2 amide bonds. The van der Waals surface area contributed by atoms with E-state index in [4.69, 9.17) is 0 Å². The topological polar surface area (TPSA) is 52.7 Å². The predicted molar refractivity (Wildman–Crippen MR) is 93.5 cm³/mol. The molecule has 2 unspecified atom stereocenters. The summed E-state index contributed by atoms with van der Waals surface area (Å²) < 4.78 is 0. The number of hydrogen-bond donors (Lipinski definition) is 1. The van der Waals surface area contributed by atoms with Crippen LogP contribution in [-0.4, -0.2) is 60.9 Å². The Labute approximate surface area is 144 Å². The van der Waals surface area contributed by atoms with Crippen LogP contribution < -0.4 is 5.32 Å². The summed E-state index contributed by atoms with van der Waals surface area (Å²) in [4.78, 5) is 28.8. The molecule has 2 atom stereocenters. The van der Waals surface area contributed by atoms with Crippen molar-refractivity contribution in [3.63, 3.8) is 0 Å². The van der Waals surface area contributed by atoms with E-state index in [2.05, 4.69) is 29.4 Å². The van der Waals surface area contributed by atoms with Crippen molar-refractivity contribution in [2.24, 2.45) is 5.92 Å². The van der Waals surface area contributed by atoms with Crippen molar-refractivity contribution in [3.8, 4) is 0 Å². The third-order valence-electron chi connectivity index (χ3n) is 5.07. The summed E-state index contributed by atoms with van der Waals surface area (Å²) in [6, 6.07) is 10.4. The predicted octanol–water partition coefficient (Wildman–Crippen LogP) is 1.29. The number of carbonyl (C=O) groups is 2. The first kappa shape index (κ1) is 17.0. The lowest BCUT2D eigenvalue weighted by atomic mass is 10.0. The van der Waals surface area contributed by atoms with Crippen LogP contribution in [0.25, 0.3) is 0 Å². The molecule has 1 N–H and O–H groups in total. The standard InChI is InChI=1S/C19H27N3O2/c1-21-10-5-8-17(14-21)20-19(24)16-12-18(23)22(13-16)11-9-15-6-3-2-4-7-15/h2-4,6-7,16-17H,5,8-14H2,1H3,(H,20,24). The van der Waals surface area contributed by atoms with Crippen LogP contribution in [0.5, 0.6) is 0 Å². The molecule has 0 bridgehead atoms. The Morgan fingerprint density at radius 1 is 1.25 bits per heavy atom. The molecule has 5 heteroatoms. The molecule has 1 aromatic rings. The Morgan fingerprint density at radius 3 is 2.79 bits per heavy atom. The first-order valence-electron chi connectivity index (χ1n) is 8.92. The molecule has 2 aliphatic heterocycles. The van der Waals surface area contributed by atoms with Gasteiger partial charge in [-0.15, -0.1) is 0 Å². The van der Waals surface area contributed by atoms with Gasteiger partial charge in [-0.05, 0) is 38.4 Å². The third kappa shape index (κ3) is 4.35. The van der Waals surface area contributed by atoms with E-state index in [-0.39, 0.29) is 23.8 Å². The highest BCUT2D eigenvalue weighted by molar-refractivity contribution is 5.89. The normalized spacial score (nSPS) is 25.0. The molecule has 24 heavy (non-hydrogen) atoms. The van der Waals surface area contributed by atoms with Crippen molar-refractivity contribution in [1.29, 1.82) is 0 Å². The van der Waals surface area contributed by atoms with Crippen LogP contribution in [0.4, 0.5) is 0 Å². The molecule has 0 aliphatic carbocycles. The number of rotatable bonds is 5. The zero-order chi connectivity index (χ0) is 16.9. The van der Waals surface area contributed by atoms with Crippen LogP contribution in [0.1, 0.15) is 24.8 Å². The first-order valence-corrected chi connectivity index (χ1v) is 8.92. The number of likely N-dealkylation sites (N-methyl/N-ethyl adjacent to an activating group) is 1. The number of hydrogen-bond acceptors (Lipinski definition) is 3. The average molecular weight is 329 g/mol. The van der Waals surface area contributed by atoms with E-state index in [0.29, 0.717) is 19.5 Å². The maximum Gasteiger partial charge on any atom is 0.225 e. The van der Waals surface area contributed by atoms with Crippen molar-refractivity contribution in [2.75, 3.05) is 33.2 Å². The van der Waals surface area contributed by atoms with Crippen molar-refractivity contribution in [3.05, 3.63) is 35.9 Å². The summed E-state index contributed by atoms with van der Waals surface area (Å²) in [6.07, 6.45) is 3.35. The average Bonchev–Trinajstić information content (AvgIpc) is 2.95. The molecule has 5 nitrogen and oxygen atoms in total. The first-order chi connectivity index (χ1) is 11.6. The number of piperidine rings is 1. The van der Waals surface area contributed by atoms with Crippen molar-refractivity contribution < 1.29 is 9.59 Å². The zero-order valence-electron chi connectivity index (χ0n) is 14.4. The number of carbonyl (C=O) groups excluding carboxylic acids is 2. The fourth-order valence-corrected chi connectivity index (χ4v) is 3.68. The second-order valence-electron chi connectivity index (χ2n) is 7.09. The van der Waals surface area contributed by atoms with Gasteiger partial charge in [0.05, 0.1) is 5.92 Å². The molecule has 0 saturated carbocycles. The van der Waals surface area contributed by atoms with Gasteiger partial charge in [-0.1, -0.05) is 30.3 Å². The lowest BCUT2D eigenvalue weighted by Crippen LogP contribution is -2.48. The molecule has 0 spiro atoms. The second-order valence-corrected chi connectivity index (χ2v) is 7.09. The number of nitrogens with one attached hydrogen (secondary N) is 1. The van der Waals surface area contributed by atoms with Gasteiger partial charge in [-0.25, -0.2) is 0 Å². The van der Waals surface area contributed by atoms with Gasteiger partial charge in [0.1, 0.15) is 0 Å². The monoisotopic (exact) mass is 329 g/mol. The lowest BCUT2D eigenvalue weighted by Gasteiger charge is -2.30. The summed E-state index contributed by atoms with van der Waals surface area (Å²) in [5.41, 5.74) is 1.23. The molecule has 0 radical (unpaired) electrons. The van der Waals surface area contributed by atoms with Crippen LogP contribution in [0.3, 0.4) is 0 Å². The van der Waals surface area contributed by atoms with Gasteiger partial charge in [0.25, 0.3) is 0 Å². The largest absolute Gasteiger partial charge is 0.352 e. The van der Waals surface area contributed by atoms with Crippen LogP contribution in [-0.2, 0) is 16.0 Å². The van der Waals surface area contributed by atoms with Gasteiger partial charge in [0.15, 0.2) is 0 Å². The van der Waals surface area contributed by atoms with Crippen molar-refractivity contribution in [2.45, 2.75) is 31.7 Å². The van der Waals surface area contributed by atoms with E-state index >= 15 is 0 Å². The van der Waals surface area contributed by atoms with E-state index in [1.807, 2.05) is 23.1 Å². The Kier molecular flexibility index (Phi) is 5.51. The van der Waals surface area contributed by atoms with Gasteiger partial charge in [-0.3, -0.25) is 9.59 Å². The highest BCUT2D eigenvalue weighted by atomic mass is 16.2. The van der Waals surface area contributed by atoms with Gasteiger partial charge >= 0.3 is 0 Å². The minimum atomic E-state index is -0.194. The molecule has 0 aromatic heterocycles. The fourth-order valence-electron chi connectivity index (χ4n) is 3.68. The molecule has 2 fully saturated rings. The smallest absolute Gasteiger partial charge is 0.225 e. The number of benzene rings is 1. The van der Waals surface area contributed by atoms with Crippen LogP contribution >= 0.6 is 0 Å². The second kappa shape index (κ2) is 7.79. The van der Waals surface area contributed by atoms with Crippen LogP contribution in [0.15, 0.2) is 30.3 Å².